The molecule has 10 nitrogen and oxygen atoms in total. The molecule has 4 unspecified atom stereocenters. The number of hydrogen-bond acceptors (Lipinski definition) is 5. The predicted molar refractivity (Wildman–Crippen MR) is 159 cm³/mol. The Bertz CT molecular complexity index is 1410. The van der Waals surface area contributed by atoms with E-state index in [2.05, 4.69) is 20.9 Å². The van der Waals surface area contributed by atoms with E-state index in [-0.39, 0.29) is 25.8 Å². The van der Waals surface area contributed by atoms with Gasteiger partial charge in [0.1, 0.15) is 17.8 Å². The molecule has 1 aromatic heterocycles. The van der Waals surface area contributed by atoms with Gasteiger partial charge in [-0.1, -0.05) is 55.0 Å². The Kier molecular flexibility index (Phi) is 10.7. The van der Waals surface area contributed by atoms with Gasteiger partial charge in [-0.2, -0.15) is 0 Å². The zero-order valence-corrected chi connectivity index (χ0v) is 24.2. The van der Waals surface area contributed by atoms with Gasteiger partial charge in [-0.15, -0.1) is 0 Å². The Labute approximate surface area is 249 Å². The first-order valence-corrected chi connectivity index (χ1v) is 14.6. The zero-order chi connectivity index (χ0) is 30.8. The van der Waals surface area contributed by atoms with Crippen molar-refractivity contribution in [1.29, 1.82) is 0 Å². The number of H-pyrrole nitrogens is 1. The van der Waals surface area contributed by atoms with Gasteiger partial charge in [-0.25, -0.2) is 9.18 Å². The highest BCUT2D eigenvalue weighted by Crippen LogP contribution is 2.26. The van der Waals surface area contributed by atoms with Gasteiger partial charge < -0.3 is 30.8 Å². The van der Waals surface area contributed by atoms with E-state index in [1.807, 2.05) is 54.6 Å². The molecule has 0 bridgehead atoms. The summed E-state index contributed by atoms with van der Waals surface area (Å²) in [6.45, 7) is 1.63. The number of para-hydroxylation sites is 1. The number of fused-ring (bicyclic) bond motifs is 1. The number of ether oxygens (including phenoxy) is 1. The van der Waals surface area contributed by atoms with E-state index in [9.17, 15) is 23.6 Å². The molecule has 43 heavy (non-hydrogen) atoms. The van der Waals surface area contributed by atoms with Crippen molar-refractivity contribution in [2.75, 3.05) is 6.54 Å². The Hall–Kier alpha value is -4.41. The number of amides is 3. The molecule has 230 valence electrons. The third-order valence-corrected chi connectivity index (χ3v) is 7.75. The number of alkyl carbamates (subject to hydrolysis) is 1. The van der Waals surface area contributed by atoms with Gasteiger partial charge >= 0.3 is 12.1 Å². The molecule has 4 rings (SSSR count). The molecular formula is C32H39FN4O6. The third-order valence-electron chi connectivity index (χ3n) is 7.75. The smallest absolute Gasteiger partial charge is 0.408 e. The standard InChI is InChI=1S/C32H39FN4O6/c1-32(18-22-19-34-26-13-7-5-11-24(22)26,37-31(42)43-27-14-8-6-12-25(27)33)30(41)36-23(17-21-9-3-2-4-10-21)20-35-28(38)15-16-29(39)40/h2-5,7,9-11,13,19,23,25,27,34H,6,8,12,14-18,20H2,1H3,(H,35,38)(H,36,41)(H,37,42)(H,39,40). The van der Waals surface area contributed by atoms with E-state index in [4.69, 9.17) is 9.84 Å². The second-order valence-electron chi connectivity index (χ2n) is 11.3. The largest absolute Gasteiger partial charge is 0.481 e. The van der Waals surface area contributed by atoms with Crippen LogP contribution in [0.1, 0.15) is 56.6 Å². The Morgan fingerprint density at radius 3 is 2.51 bits per heavy atom. The highest BCUT2D eigenvalue weighted by atomic mass is 19.1. The van der Waals surface area contributed by atoms with Gasteiger partial charge in [0.05, 0.1) is 12.5 Å². The minimum absolute atomic E-state index is 0.0400. The van der Waals surface area contributed by atoms with Crippen LogP contribution in [0.15, 0.2) is 60.8 Å². The first-order valence-electron chi connectivity index (χ1n) is 14.6. The molecular weight excluding hydrogens is 555 g/mol. The van der Waals surface area contributed by atoms with Gasteiger partial charge in [0, 0.05) is 36.5 Å². The summed E-state index contributed by atoms with van der Waals surface area (Å²) in [6.07, 6.45) is 0.972. The maximum Gasteiger partial charge on any atom is 0.408 e. The topological polar surface area (TPSA) is 150 Å². The average molecular weight is 595 g/mol. The molecule has 1 heterocycles. The Morgan fingerprint density at radius 1 is 1.05 bits per heavy atom. The SMILES string of the molecule is CC(Cc1c[nH]c2ccccc12)(NC(=O)OC1CCCCC1F)C(=O)NC(CNC(=O)CCC(=O)O)Cc1ccccc1. The molecule has 2 aromatic carbocycles. The van der Waals surface area contributed by atoms with E-state index >= 15 is 0 Å². The van der Waals surface area contributed by atoms with Crippen molar-refractivity contribution in [3.63, 3.8) is 0 Å². The number of carboxylic acid groups (broad SMARTS) is 1. The molecule has 1 saturated carbocycles. The van der Waals surface area contributed by atoms with Crippen LogP contribution in [0.5, 0.6) is 0 Å². The molecule has 3 aromatic rings. The molecule has 1 aliphatic carbocycles. The van der Waals surface area contributed by atoms with Crippen molar-refractivity contribution < 1.29 is 33.4 Å². The number of halogens is 1. The molecule has 0 radical (unpaired) electrons. The van der Waals surface area contributed by atoms with Crippen LogP contribution in [0.4, 0.5) is 9.18 Å². The van der Waals surface area contributed by atoms with Crippen LogP contribution >= 0.6 is 0 Å². The van der Waals surface area contributed by atoms with E-state index in [0.29, 0.717) is 19.3 Å². The fourth-order valence-electron chi connectivity index (χ4n) is 5.38. The number of aromatic nitrogens is 1. The lowest BCUT2D eigenvalue weighted by molar-refractivity contribution is -0.138. The molecule has 5 N–H and O–H groups in total. The van der Waals surface area contributed by atoms with Crippen molar-refractivity contribution in [2.45, 2.75) is 82.1 Å². The van der Waals surface area contributed by atoms with Gasteiger partial charge in [0.2, 0.25) is 11.8 Å². The zero-order valence-electron chi connectivity index (χ0n) is 24.2. The van der Waals surface area contributed by atoms with E-state index in [1.165, 1.54) is 0 Å². The first-order chi connectivity index (χ1) is 20.6. The summed E-state index contributed by atoms with van der Waals surface area (Å²) >= 11 is 0. The van der Waals surface area contributed by atoms with E-state index in [1.54, 1.807) is 13.1 Å². The van der Waals surface area contributed by atoms with Gasteiger partial charge in [-0.3, -0.25) is 14.4 Å². The van der Waals surface area contributed by atoms with Gasteiger partial charge in [0.15, 0.2) is 0 Å². The molecule has 3 amide bonds. The lowest BCUT2D eigenvalue weighted by atomic mass is 9.90. The van der Waals surface area contributed by atoms with Gasteiger partial charge in [0.25, 0.3) is 0 Å². The molecule has 1 aliphatic rings. The number of carboxylic acids is 1. The van der Waals surface area contributed by atoms with Crippen LogP contribution in [0, 0.1) is 0 Å². The number of alkyl halides is 1. The number of aromatic amines is 1. The fourth-order valence-corrected chi connectivity index (χ4v) is 5.38. The van der Waals surface area contributed by atoms with Crippen LogP contribution < -0.4 is 16.0 Å². The van der Waals surface area contributed by atoms with Crippen LogP contribution in [-0.4, -0.2) is 64.4 Å². The highest BCUT2D eigenvalue weighted by Gasteiger charge is 2.39. The van der Waals surface area contributed by atoms with E-state index < -0.39 is 47.7 Å². The summed E-state index contributed by atoms with van der Waals surface area (Å²) in [7, 11) is 0. The number of hydrogen-bond donors (Lipinski definition) is 5. The number of benzene rings is 2. The van der Waals surface area contributed by atoms with Gasteiger partial charge in [-0.05, 0) is 49.8 Å². The summed E-state index contributed by atoms with van der Waals surface area (Å²) in [5.74, 6) is -2.05. The second kappa shape index (κ2) is 14.7. The monoisotopic (exact) mass is 594 g/mol. The minimum Gasteiger partial charge on any atom is -0.481 e. The van der Waals surface area contributed by atoms with Crippen molar-refractivity contribution in [3.8, 4) is 0 Å². The van der Waals surface area contributed by atoms with Crippen molar-refractivity contribution >= 4 is 34.8 Å². The number of carbonyl (C=O) groups excluding carboxylic acids is 3. The van der Waals surface area contributed by atoms with Crippen LogP contribution in [0.2, 0.25) is 0 Å². The summed E-state index contributed by atoms with van der Waals surface area (Å²) < 4.78 is 19.9. The lowest BCUT2D eigenvalue weighted by Crippen LogP contribution is -2.61. The summed E-state index contributed by atoms with van der Waals surface area (Å²) in [5.41, 5.74) is 1.06. The lowest BCUT2D eigenvalue weighted by Gasteiger charge is -2.33. The minimum atomic E-state index is -1.51. The Morgan fingerprint density at radius 2 is 1.77 bits per heavy atom. The second-order valence-corrected chi connectivity index (χ2v) is 11.3. The van der Waals surface area contributed by atoms with Crippen molar-refractivity contribution in [2.24, 2.45) is 0 Å². The molecule has 11 heteroatoms. The van der Waals surface area contributed by atoms with Crippen LogP contribution in [0.3, 0.4) is 0 Å². The fraction of sp³-hybridized carbons (Fsp3) is 0.438. The number of nitrogens with one attached hydrogen (secondary N) is 4. The normalized spacial score (nSPS) is 18.7. The molecule has 0 aliphatic heterocycles. The summed E-state index contributed by atoms with van der Waals surface area (Å²) in [5, 5.41) is 18.2. The molecule has 0 saturated heterocycles. The van der Waals surface area contributed by atoms with Crippen LogP contribution in [-0.2, 0) is 32.0 Å². The maximum absolute atomic E-state index is 14.5. The molecule has 1 fully saturated rings. The maximum atomic E-state index is 14.5. The van der Waals surface area contributed by atoms with Crippen molar-refractivity contribution in [1.82, 2.24) is 20.9 Å². The summed E-state index contributed by atoms with van der Waals surface area (Å²) in [4.78, 5) is 53.5. The van der Waals surface area contributed by atoms with E-state index in [0.717, 1.165) is 34.9 Å². The highest BCUT2D eigenvalue weighted by molar-refractivity contribution is 5.92. The van der Waals surface area contributed by atoms with Crippen LogP contribution in [0.25, 0.3) is 10.9 Å². The van der Waals surface area contributed by atoms with Crippen molar-refractivity contribution in [3.05, 3.63) is 71.9 Å². The average Bonchev–Trinajstić information content (AvgIpc) is 3.38. The third kappa shape index (κ3) is 9.04. The Balaban J connectivity index is 1.55. The first kappa shape index (κ1) is 31.5. The quantitative estimate of drug-likeness (QED) is 0.200. The predicted octanol–water partition coefficient (Wildman–Crippen LogP) is 4.18. The molecule has 0 spiro atoms. The number of carbonyl (C=O) groups is 4. The number of aliphatic carboxylic acids is 1. The molecule has 4 atom stereocenters. The number of rotatable bonds is 13. The summed E-state index contributed by atoms with van der Waals surface area (Å²) in [6, 6.07) is 16.4.